The number of methoxy groups -OCH3 is 3. The van der Waals surface area contributed by atoms with Gasteiger partial charge in [-0.25, -0.2) is 9.79 Å². The first-order valence-electron chi connectivity index (χ1n) is 8.30. The minimum absolute atomic E-state index is 0.171. The number of nitrogens with zero attached hydrogens (tertiary/aromatic N) is 1. The fourth-order valence-corrected chi connectivity index (χ4v) is 2.71. The second-order valence-electron chi connectivity index (χ2n) is 5.71. The molecule has 0 saturated heterocycles. The zero-order chi connectivity index (χ0) is 20.1. The Morgan fingerprint density at radius 1 is 0.929 bits per heavy atom. The average Bonchev–Trinajstić information content (AvgIpc) is 3.05. The summed E-state index contributed by atoms with van der Waals surface area (Å²) in [6.45, 7) is 0. The zero-order valence-corrected chi connectivity index (χ0v) is 16.3. The van der Waals surface area contributed by atoms with Crippen LogP contribution in [0.3, 0.4) is 0 Å². The van der Waals surface area contributed by atoms with Gasteiger partial charge in [-0.1, -0.05) is 23.7 Å². The van der Waals surface area contributed by atoms with E-state index in [4.69, 9.17) is 30.5 Å². The Morgan fingerprint density at radius 2 is 1.57 bits per heavy atom. The highest BCUT2D eigenvalue weighted by molar-refractivity contribution is 6.30. The van der Waals surface area contributed by atoms with Gasteiger partial charge in [0.05, 0.1) is 21.3 Å². The standard InChI is InChI=1S/C21H18ClNO5/c1-25-17-11-14(12-18(26-2)20(17)27-3)10-16-21(24)28-19(23-16)9-6-13-4-7-15(22)8-5-13/h4-12H,1-3H3/b9-6+,16-10-. The van der Waals surface area contributed by atoms with E-state index in [9.17, 15) is 4.79 Å². The van der Waals surface area contributed by atoms with Gasteiger partial charge in [0.1, 0.15) is 0 Å². The van der Waals surface area contributed by atoms with Crippen LogP contribution >= 0.6 is 11.6 Å². The van der Waals surface area contributed by atoms with Crippen LogP contribution in [0.4, 0.5) is 0 Å². The molecule has 0 saturated carbocycles. The van der Waals surface area contributed by atoms with E-state index in [1.54, 1.807) is 42.5 Å². The van der Waals surface area contributed by atoms with Gasteiger partial charge in [0.15, 0.2) is 17.2 Å². The van der Waals surface area contributed by atoms with E-state index in [1.807, 2.05) is 12.1 Å². The number of carbonyl (C=O) groups excluding carboxylic acids is 1. The average molecular weight is 400 g/mol. The van der Waals surface area contributed by atoms with Crippen molar-refractivity contribution in [3.05, 3.63) is 64.3 Å². The smallest absolute Gasteiger partial charge is 0.363 e. The molecule has 7 heteroatoms. The van der Waals surface area contributed by atoms with Crippen molar-refractivity contribution < 1.29 is 23.7 Å². The van der Waals surface area contributed by atoms with Crippen LogP contribution in [-0.2, 0) is 9.53 Å². The van der Waals surface area contributed by atoms with Crippen LogP contribution in [0.2, 0.25) is 5.02 Å². The monoisotopic (exact) mass is 399 g/mol. The minimum atomic E-state index is -0.537. The summed E-state index contributed by atoms with van der Waals surface area (Å²) in [4.78, 5) is 16.4. The van der Waals surface area contributed by atoms with Crippen LogP contribution in [0, 0.1) is 0 Å². The maximum atomic E-state index is 12.1. The third-order valence-corrected chi connectivity index (χ3v) is 4.17. The van der Waals surface area contributed by atoms with Gasteiger partial charge in [-0.15, -0.1) is 0 Å². The molecule has 6 nitrogen and oxygen atoms in total. The molecule has 0 spiro atoms. The van der Waals surface area contributed by atoms with Gasteiger partial charge in [-0.3, -0.25) is 0 Å². The van der Waals surface area contributed by atoms with Gasteiger partial charge in [-0.2, -0.15) is 0 Å². The Morgan fingerprint density at radius 3 is 2.14 bits per heavy atom. The van der Waals surface area contributed by atoms with Gasteiger partial charge < -0.3 is 18.9 Å². The van der Waals surface area contributed by atoms with Crippen LogP contribution in [0.25, 0.3) is 12.2 Å². The summed E-state index contributed by atoms with van der Waals surface area (Å²) in [6, 6.07) is 10.7. The molecule has 0 radical (unpaired) electrons. The molecular formula is C21H18ClNO5. The number of ether oxygens (including phenoxy) is 4. The number of carbonyl (C=O) groups is 1. The lowest BCUT2D eigenvalue weighted by Gasteiger charge is -2.12. The molecule has 0 aliphatic carbocycles. The van der Waals surface area contributed by atoms with Crippen molar-refractivity contribution in [3.8, 4) is 17.2 Å². The Bertz CT molecular complexity index is 952. The van der Waals surface area contributed by atoms with Gasteiger partial charge >= 0.3 is 5.97 Å². The van der Waals surface area contributed by atoms with Crippen molar-refractivity contribution >= 4 is 35.6 Å². The van der Waals surface area contributed by atoms with Gasteiger partial charge in [0.25, 0.3) is 0 Å². The van der Waals surface area contributed by atoms with Crippen molar-refractivity contribution in [2.75, 3.05) is 21.3 Å². The summed E-state index contributed by atoms with van der Waals surface area (Å²) in [5.41, 5.74) is 1.74. The van der Waals surface area contributed by atoms with Gasteiger partial charge in [0, 0.05) is 11.1 Å². The lowest BCUT2D eigenvalue weighted by atomic mass is 10.1. The van der Waals surface area contributed by atoms with E-state index < -0.39 is 5.97 Å². The summed E-state index contributed by atoms with van der Waals surface area (Å²) >= 11 is 5.87. The molecule has 1 aliphatic heterocycles. The largest absolute Gasteiger partial charge is 0.493 e. The molecule has 0 atom stereocenters. The Labute approximate surface area is 167 Å². The number of halogens is 1. The minimum Gasteiger partial charge on any atom is -0.493 e. The second-order valence-corrected chi connectivity index (χ2v) is 6.15. The van der Waals surface area contributed by atoms with Crippen molar-refractivity contribution in [1.29, 1.82) is 0 Å². The predicted molar refractivity (Wildman–Crippen MR) is 108 cm³/mol. The molecule has 2 aromatic rings. The van der Waals surface area contributed by atoms with Crippen molar-refractivity contribution in [2.24, 2.45) is 4.99 Å². The number of esters is 1. The fourth-order valence-electron chi connectivity index (χ4n) is 2.58. The molecule has 0 aromatic heterocycles. The molecule has 0 unspecified atom stereocenters. The van der Waals surface area contributed by atoms with Crippen LogP contribution in [0.5, 0.6) is 17.2 Å². The van der Waals surface area contributed by atoms with Crippen molar-refractivity contribution in [1.82, 2.24) is 0 Å². The number of aliphatic imine (C=N–C) groups is 1. The molecule has 1 aliphatic rings. The zero-order valence-electron chi connectivity index (χ0n) is 15.6. The molecular weight excluding hydrogens is 382 g/mol. The number of cyclic esters (lactones) is 1. The first kappa shape index (κ1) is 19.5. The molecule has 2 aromatic carbocycles. The van der Waals surface area contributed by atoms with E-state index in [1.165, 1.54) is 21.3 Å². The van der Waals surface area contributed by atoms with E-state index in [2.05, 4.69) is 4.99 Å². The normalized spacial score (nSPS) is 14.9. The molecule has 144 valence electrons. The van der Waals surface area contributed by atoms with Crippen molar-refractivity contribution in [3.63, 3.8) is 0 Å². The molecule has 0 fully saturated rings. The van der Waals surface area contributed by atoms with Crippen LogP contribution < -0.4 is 14.2 Å². The van der Waals surface area contributed by atoms with Gasteiger partial charge in [0.2, 0.25) is 11.6 Å². The number of rotatable bonds is 6. The Kier molecular flexibility index (Phi) is 6.01. The maximum absolute atomic E-state index is 12.1. The third-order valence-electron chi connectivity index (χ3n) is 3.92. The lowest BCUT2D eigenvalue weighted by Crippen LogP contribution is -2.01. The molecule has 0 amide bonds. The fraction of sp³-hybridized carbons (Fsp3) is 0.143. The van der Waals surface area contributed by atoms with E-state index in [0.29, 0.717) is 27.8 Å². The Hall–Kier alpha value is -3.25. The summed E-state index contributed by atoms with van der Waals surface area (Å²) < 4.78 is 21.1. The predicted octanol–water partition coefficient (Wildman–Crippen LogP) is 4.38. The first-order valence-corrected chi connectivity index (χ1v) is 8.68. The highest BCUT2D eigenvalue weighted by atomic mass is 35.5. The SMILES string of the molecule is COc1cc(/C=C2N=C(/C=C/c3ccc(Cl)cc3)OC\2=O)cc(OC)c1OC. The third kappa shape index (κ3) is 4.35. The van der Waals surface area contributed by atoms with E-state index in [-0.39, 0.29) is 11.6 Å². The molecule has 0 bridgehead atoms. The highest BCUT2D eigenvalue weighted by Crippen LogP contribution is 2.38. The maximum Gasteiger partial charge on any atom is 0.363 e. The van der Waals surface area contributed by atoms with Crippen molar-refractivity contribution in [2.45, 2.75) is 0 Å². The van der Waals surface area contributed by atoms with Gasteiger partial charge in [-0.05, 0) is 47.5 Å². The Balaban J connectivity index is 1.87. The number of hydrogen-bond acceptors (Lipinski definition) is 6. The number of hydrogen-bond donors (Lipinski definition) is 0. The van der Waals surface area contributed by atoms with Crippen LogP contribution in [0.15, 0.2) is 53.2 Å². The molecule has 3 rings (SSSR count). The summed E-state index contributed by atoms with van der Waals surface area (Å²) in [5, 5.41) is 0.650. The second kappa shape index (κ2) is 8.63. The van der Waals surface area contributed by atoms with E-state index in [0.717, 1.165) is 5.56 Å². The van der Waals surface area contributed by atoms with Crippen LogP contribution in [0.1, 0.15) is 11.1 Å². The highest BCUT2D eigenvalue weighted by Gasteiger charge is 2.22. The molecule has 1 heterocycles. The summed E-state index contributed by atoms with van der Waals surface area (Å²) in [5.74, 6) is 1.10. The first-order chi connectivity index (χ1) is 13.5. The van der Waals surface area contributed by atoms with Crippen LogP contribution in [-0.4, -0.2) is 33.2 Å². The summed E-state index contributed by atoms with van der Waals surface area (Å²) in [7, 11) is 4.57. The summed E-state index contributed by atoms with van der Waals surface area (Å²) in [6.07, 6.45) is 5.00. The van der Waals surface area contributed by atoms with E-state index >= 15 is 0 Å². The molecule has 0 N–H and O–H groups in total. The lowest BCUT2D eigenvalue weighted by molar-refractivity contribution is -0.129. The number of benzene rings is 2. The quantitative estimate of drug-likeness (QED) is 0.533. The molecule has 28 heavy (non-hydrogen) atoms. The topological polar surface area (TPSA) is 66.4 Å².